The molecule has 3 rings (SSSR count). The Morgan fingerprint density at radius 2 is 2.13 bits per heavy atom. The van der Waals surface area contributed by atoms with Crippen molar-refractivity contribution in [2.45, 2.75) is 18.9 Å². The van der Waals surface area contributed by atoms with Gasteiger partial charge in [-0.25, -0.2) is 0 Å². The van der Waals surface area contributed by atoms with Gasteiger partial charge in [0.05, 0.1) is 6.10 Å². The largest absolute Gasteiger partial charge is 0.456 e. The molecule has 0 bridgehead atoms. The lowest BCUT2D eigenvalue weighted by molar-refractivity contribution is 0.223. The van der Waals surface area contributed by atoms with Crippen molar-refractivity contribution in [1.82, 2.24) is 0 Å². The second-order valence-corrected chi connectivity index (χ2v) is 3.95. The number of rotatable bonds is 1. The molecule has 1 heterocycles. The SMILES string of the molecule is OC1C=C(c2cc3ccccc3o2)CC1. The molecule has 1 atom stereocenters. The van der Waals surface area contributed by atoms with Crippen molar-refractivity contribution in [2.24, 2.45) is 0 Å². The Balaban J connectivity index is 2.09. The molecule has 2 heteroatoms. The van der Waals surface area contributed by atoms with E-state index in [4.69, 9.17) is 4.42 Å². The van der Waals surface area contributed by atoms with Crippen LogP contribution in [0.3, 0.4) is 0 Å². The average molecular weight is 200 g/mol. The van der Waals surface area contributed by atoms with Crippen molar-refractivity contribution in [2.75, 3.05) is 0 Å². The lowest BCUT2D eigenvalue weighted by Crippen LogP contribution is -1.93. The van der Waals surface area contributed by atoms with Crippen LogP contribution < -0.4 is 0 Å². The number of benzene rings is 1. The molecule has 0 spiro atoms. The summed E-state index contributed by atoms with van der Waals surface area (Å²) >= 11 is 0. The van der Waals surface area contributed by atoms with Crippen LogP contribution in [0.4, 0.5) is 0 Å². The molecule has 1 aliphatic carbocycles. The van der Waals surface area contributed by atoms with E-state index in [2.05, 4.69) is 0 Å². The van der Waals surface area contributed by atoms with Crippen LogP contribution in [0.25, 0.3) is 16.5 Å². The van der Waals surface area contributed by atoms with E-state index in [1.165, 1.54) is 0 Å². The van der Waals surface area contributed by atoms with Crippen molar-refractivity contribution in [1.29, 1.82) is 0 Å². The Hall–Kier alpha value is -1.54. The van der Waals surface area contributed by atoms with E-state index >= 15 is 0 Å². The topological polar surface area (TPSA) is 33.4 Å². The standard InChI is InChI=1S/C13H12O2/c14-11-6-5-10(7-11)13-8-9-3-1-2-4-12(9)15-13/h1-4,7-8,11,14H,5-6H2. The summed E-state index contributed by atoms with van der Waals surface area (Å²) in [6.45, 7) is 0. The molecule has 0 saturated carbocycles. The summed E-state index contributed by atoms with van der Waals surface area (Å²) in [6.07, 6.45) is 3.30. The fourth-order valence-corrected chi connectivity index (χ4v) is 2.05. The average Bonchev–Trinajstić information content (AvgIpc) is 2.82. The number of hydrogen-bond donors (Lipinski definition) is 1. The van der Waals surface area contributed by atoms with Gasteiger partial charge in [0.15, 0.2) is 0 Å². The highest BCUT2D eigenvalue weighted by Crippen LogP contribution is 2.31. The number of hydrogen-bond acceptors (Lipinski definition) is 2. The molecule has 1 aromatic carbocycles. The lowest BCUT2D eigenvalue weighted by atomic mass is 10.1. The van der Waals surface area contributed by atoms with Gasteiger partial charge in [0, 0.05) is 5.39 Å². The summed E-state index contributed by atoms with van der Waals surface area (Å²) in [7, 11) is 0. The fourth-order valence-electron chi connectivity index (χ4n) is 2.05. The lowest BCUT2D eigenvalue weighted by Gasteiger charge is -1.93. The highest BCUT2D eigenvalue weighted by atomic mass is 16.3. The fraction of sp³-hybridized carbons (Fsp3) is 0.231. The molecule has 1 aromatic heterocycles. The third kappa shape index (κ3) is 1.47. The maximum absolute atomic E-state index is 9.42. The minimum Gasteiger partial charge on any atom is -0.456 e. The Morgan fingerprint density at radius 1 is 1.27 bits per heavy atom. The van der Waals surface area contributed by atoms with E-state index < -0.39 is 0 Å². The summed E-state index contributed by atoms with van der Waals surface area (Å²) in [5.74, 6) is 0.896. The molecule has 0 aliphatic heterocycles. The molecule has 2 nitrogen and oxygen atoms in total. The predicted molar refractivity (Wildman–Crippen MR) is 59.4 cm³/mol. The summed E-state index contributed by atoms with van der Waals surface area (Å²) in [4.78, 5) is 0. The Morgan fingerprint density at radius 3 is 2.87 bits per heavy atom. The summed E-state index contributed by atoms with van der Waals surface area (Å²) in [5, 5.41) is 10.5. The molecule has 1 N–H and O–H groups in total. The van der Waals surface area contributed by atoms with Crippen LogP contribution in [0.15, 0.2) is 40.8 Å². The Bertz CT molecular complexity index is 489. The third-order valence-electron chi connectivity index (χ3n) is 2.85. The smallest absolute Gasteiger partial charge is 0.134 e. The Kier molecular flexibility index (Phi) is 1.89. The first-order chi connectivity index (χ1) is 7.33. The molecular formula is C13H12O2. The van der Waals surface area contributed by atoms with Gasteiger partial charge in [-0.1, -0.05) is 18.2 Å². The van der Waals surface area contributed by atoms with Gasteiger partial charge in [-0.05, 0) is 36.6 Å². The van der Waals surface area contributed by atoms with Gasteiger partial charge in [-0.2, -0.15) is 0 Å². The first-order valence-corrected chi connectivity index (χ1v) is 5.20. The van der Waals surface area contributed by atoms with Gasteiger partial charge >= 0.3 is 0 Å². The van der Waals surface area contributed by atoms with Crippen LogP contribution in [-0.4, -0.2) is 11.2 Å². The van der Waals surface area contributed by atoms with E-state index in [1.54, 1.807) is 0 Å². The zero-order chi connectivity index (χ0) is 10.3. The molecule has 1 aliphatic rings. The van der Waals surface area contributed by atoms with Crippen molar-refractivity contribution in [3.05, 3.63) is 42.2 Å². The van der Waals surface area contributed by atoms with Crippen LogP contribution in [0.1, 0.15) is 18.6 Å². The second-order valence-electron chi connectivity index (χ2n) is 3.95. The highest BCUT2D eigenvalue weighted by Gasteiger charge is 2.17. The van der Waals surface area contributed by atoms with E-state index in [0.717, 1.165) is 35.1 Å². The van der Waals surface area contributed by atoms with Crippen LogP contribution >= 0.6 is 0 Å². The first-order valence-electron chi connectivity index (χ1n) is 5.20. The van der Waals surface area contributed by atoms with Gasteiger partial charge < -0.3 is 9.52 Å². The van der Waals surface area contributed by atoms with E-state index in [0.29, 0.717) is 0 Å². The number of aliphatic hydroxyl groups excluding tert-OH is 1. The predicted octanol–water partition coefficient (Wildman–Crippen LogP) is 2.97. The van der Waals surface area contributed by atoms with Crippen molar-refractivity contribution in [3.8, 4) is 0 Å². The van der Waals surface area contributed by atoms with E-state index in [9.17, 15) is 5.11 Å². The number of allylic oxidation sites excluding steroid dienone is 1. The maximum Gasteiger partial charge on any atom is 0.134 e. The molecular weight excluding hydrogens is 188 g/mol. The van der Waals surface area contributed by atoms with Gasteiger partial charge in [-0.3, -0.25) is 0 Å². The molecule has 0 radical (unpaired) electrons. The minimum atomic E-state index is -0.298. The molecule has 0 amide bonds. The van der Waals surface area contributed by atoms with Crippen LogP contribution in [0, 0.1) is 0 Å². The quantitative estimate of drug-likeness (QED) is 0.767. The van der Waals surface area contributed by atoms with Crippen molar-refractivity contribution < 1.29 is 9.52 Å². The Labute approximate surface area is 87.8 Å². The zero-order valence-electron chi connectivity index (χ0n) is 8.31. The number of furan rings is 1. The van der Waals surface area contributed by atoms with Crippen LogP contribution in [0.2, 0.25) is 0 Å². The van der Waals surface area contributed by atoms with Crippen molar-refractivity contribution in [3.63, 3.8) is 0 Å². The van der Waals surface area contributed by atoms with Gasteiger partial charge in [0.1, 0.15) is 11.3 Å². The third-order valence-corrected chi connectivity index (χ3v) is 2.85. The molecule has 0 saturated heterocycles. The zero-order valence-corrected chi connectivity index (χ0v) is 8.31. The van der Waals surface area contributed by atoms with Gasteiger partial charge in [-0.15, -0.1) is 0 Å². The van der Waals surface area contributed by atoms with Crippen LogP contribution in [-0.2, 0) is 0 Å². The number of aliphatic hydroxyl groups is 1. The van der Waals surface area contributed by atoms with Crippen LogP contribution in [0.5, 0.6) is 0 Å². The number of fused-ring (bicyclic) bond motifs is 1. The second kappa shape index (κ2) is 3.24. The molecule has 0 fully saturated rings. The first kappa shape index (κ1) is 8.74. The summed E-state index contributed by atoms with van der Waals surface area (Å²) in [6, 6.07) is 10.0. The maximum atomic E-state index is 9.42. The number of para-hydroxylation sites is 1. The normalized spacial score (nSPS) is 20.9. The summed E-state index contributed by atoms with van der Waals surface area (Å²) in [5.41, 5.74) is 2.04. The van der Waals surface area contributed by atoms with Crippen molar-refractivity contribution >= 4 is 16.5 Å². The van der Waals surface area contributed by atoms with E-state index in [-0.39, 0.29) is 6.10 Å². The monoisotopic (exact) mass is 200 g/mol. The van der Waals surface area contributed by atoms with Gasteiger partial charge in [0.2, 0.25) is 0 Å². The molecule has 15 heavy (non-hydrogen) atoms. The molecule has 2 aromatic rings. The van der Waals surface area contributed by atoms with E-state index in [1.807, 2.05) is 36.4 Å². The molecule has 76 valence electrons. The molecule has 1 unspecified atom stereocenters. The summed E-state index contributed by atoms with van der Waals surface area (Å²) < 4.78 is 5.72. The highest BCUT2D eigenvalue weighted by molar-refractivity contribution is 5.82. The van der Waals surface area contributed by atoms with Gasteiger partial charge in [0.25, 0.3) is 0 Å². The minimum absolute atomic E-state index is 0.298.